The molecule has 0 aliphatic heterocycles. The summed E-state index contributed by atoms with van der Waals surface area (Å²) in [5.74, 6) is 0.336. The van der Waals surface area contributed by atoms with Crippen molar-refractivity contribution in [3.8, 4) is 0 Å². The number of hydrogen-bond donors (Lipinski definition) is 1. The van der Waals surface area contributed by atoms with Gasteiger partial charge in [-0.15, -0.1) is 22.7 Å². The van der Waals surface area contributed by atoms with Gasteiger partial charge < -0.3 is 5.32 Å². The molecule has 0 aromatic carbocycles. The molecule has 5 heteroatoms. The van der Waals surface area contributed by atoms with Crippen LogP contribution in [0.5, 0.6) is 0 Å². The van der Waals surface area contributed by atoms with E-state index in [9.17, 15) is 4.79 Å². The number of thiophene rings is 1. The van der Waals surface area contributed by atoms with Crippen LogP contribution in [-0.2, 0) is 0 Å². The lowest BCUT2D eigenvalue weighted by molar-refractivity contribution is 0.0930. The van der Waals surface area contributed by atoms with Gasteiger partial charge in [-0.25, -0.2) is 4.98 Å². The van der Waals surface area contributed by atoms with Crippen LogP contribution in [0.3, 0.4) is 0 Å². The van der Waals surface area contributed by atoms with Crippen LogP contribution in [0.15, 0.2) is 23.0 Å². The fourth-order valence-corrected chi connectivity index (χ4v) is 3.42. The normalized spacial score (nSPS) is 12.7. The average molecular weight is 280 g/mol. The van der Waals surface area contributed by atoms with Gasteiger partial charge in [0.1, 0.15) is 4.88 Å². The van der Waals surface area contributed by atoms with Gasteiger partial charge in [-0.2, -0.15) is 0 Å². The molecule has 0 aliphatic carbocycles. The van der Waals surface area contributed by atoms with Crippen LogP contribution in [0.2, 0.25) is 0 Å². The molecule has 96 valence electrons. The highest BCUT2D eigenvalue weighted by atomic mass is 32.1. The van der Waals surface area contributed by atoms with Crippen molar-refractivity contribution in [3.63, 3.8) is 0 Å². The third kappa shape index (κ3) is 2.79. The Morgan fingerprint density at radius 1 is 1.39 bits per heavy atom. The van der Waals surface area contributed by atoms with Gasteiger partial charge >= 0.3 is 0 Å². The van der Waals surface area contributed by atoms with Crippen molar-refractivity contribution >= 4 is 28.6 Å². The van der Waals surface area contributed by atoms with Crippen molar-refractivity contribution in [1.29, 1.82) is 0 Å². The fourth-order valence-electron chi connectivity index (χ4n) is 1.76. The molecule has 2 rings (SSSR count). The number of carbonyl (C=O) groups excluding carboxylic acids is 1. The fraction of sp³-hybridized carbons (Fsp3) is 0.385. The third-order valence-electron chi connectivity index (χ3n) is 2.75. The maximum atomic E-state index is 12.2. The molecule has 2 heterocycles. The number of nitrogens with zero attached hydrogens (tertiary/aromatic N) is 1. The molecule has 18 heavy (non-hydrogen) atoms. The molecular formula is C13H16N2OS2. The average Bonchev–Trinajstić information content (AvgIpc) is 2.95. The summed E-state index contributed by atoms with van der Waals surface area (Å²) >= 11 is 3.06. The predicted molar refractivity (Wildman–Crippen MR) is 76.2 cm³/mol. The molecule has 0 saturated carbocycles. The Labute approximate surface area is 115 Å². The molecule has 0 aliphatic rings. The summed E-state index contributed by atoms with van der Waals surface area (Å²) in [5, 5.41) is 5.14. The van der Waals surface area contributed by atoms with Gasteiger partial charge in [-0.05, 0) is 24.3 Å². The highest BCUT2D eigenvalue weighted by Gasteiger charge is 2.21. The number of nitrogens with one attached hydrogen (secondary N) is 1. The molecule has 1 N–H and O–H groups in total. The second kappa shape index (κ2) is 5.63. The highest BCUT2D eigenvalue weighted by Crippen LogP contribution is 2.26. The molecule has 0 unspecified atom stereocenters. The standard InChI is InChI=1S/C13H16N2OS2/c1-8(2)11(10-5-4-6-17-10)15-13(16)12-9(3)14-7-18-12/h4-8,11H,1-3H3,(H,15,16)/t11-/m0/s1. The van der Waals surface area contributed by atoms with E-state index in [0.717, 1.165) is 5.69 Å². The summed E-state index contributed by atoms with van der Waals surface area (Å²) in [4.78, 5) is 18.2. The molecule has 0 saturated heterocycles. The maximum absolute atomic E-state index is 12.2. The lowest BCUT2D eigenvalue weighted by Gasteiger charge is -2.20. The second-order valence-corrected chi connectivity index (χ2v) is 6.31. The number of amides is 1. The van der Waals surface area contributed by atoms with Crippen molar-refractivity contribution in [1.82, 2.24) is 10.3 Å². The van der Waals surface area contributed by atoms with E-state index < -0.39 is 0 Å². The van der Waals surface area contributed by atoms with E-state index in [4.69, 9.17) is 0 Å². The van der Waals surface area contributed by atoms with Crippen molar-refractivity contribution < 1.29 is 4.79 Å². The van der Waals surface area contributed by atoms with Crippen LogP contribution in [0.1, 0.15) is 40.1 Å². The quantitative estimate of drug-likeness (QED) is 0.929. The predicted octanol–water partition coefficient (Wildman–Crippen LogP) is 3.64. The van der Waals surface area contributed by atoms with Crippen molar-refractivity contribution in [2.24, 2.45) is 5.92 Å². The van der Waals surface area contributed by atoms with Gasteiger partial charge in [0.25, 0.3) is 5.91 Å². The molecule has 1 amide bonds. The smallest absolute Gasteiger partial charge is 0.263 e. The van der Waals surface area contributed by atoms with Gasteiger partial charge in [-0.1, -0.05) is 19.9 Å². The Kier molecular flexibility index (Phi) is 4.14. The summed E-state index contributed by atoms with van der Waals surface area (Å²) in [6.45, 7) is 6.09. The summed E-state index contributed by atoms with van der Waals surface area (Å²) in [6, 6.07) is 4.15. The summed E-state index contributed by atoms with van der Waals surface area (Å²) in [7, 11) is 0. The van der Waals surface area contributed by atoms with E-state index in [0.29, 0.717) is 10.8 Å². The molecule has 1 atom stereocenters. The third-order valence-corrected chi connectivity index (χ3v) is 4.64. The Hall–Kier alpha value is -1.20. The Bertz CT molecular complexity index is 517. The highest BCUT2D eigenvalue weighted by molar-refractivity contribution is 7.12. The molecule has 2 aromatic rings. The largest absolute Gasteiger partial charge is 0.343 e. The first-order valence-electron chi connectivity index (χ1n) is 5.84. The zero-order valence-corrected chi connectivity index (χ0v) is 12.3. The van der Waals surface area contributed by atoms with E-state index in [1.807, 2.05) is 18.4 Å². The minimum absolute atomic E-state index is 0.0258. The molecule has 0 radical (unpaired) electrons. The molecule has 2 aromatic heterocycles. The first-order valence-corrected chi connectivity index (χ1v) is 7.60. The van der Waals surface area contributed by atoms with Crippen LogP contribution < -0.4 is 5.32 Å². The van der Waals surface area contributed by atoms with E-state index >= 15 is 0 Å². The summed E-state index contributed by atoms with van der Waals surface area (Å²) in [5.41, 5.74) is 2.51. The minimum atomic E-state index is -0.0258. The number of thiazole rings is 1. The number of rotatable bonds is 4. The van der Waals surface area contributed by atoms with E-state index in [2.05, 4.69) is 30.2 Å². The van der Waals surface area contributed by atoms with Crippen LogP contribution in [0, 0.1) is 12.8 Å². The van der Waals surface area contributed by atoms with Crippen molar-refractivity contribution in [2.75, 3.05) is 0 Å². The number of aryl methyl sites for hydroxylation is 1. The summed E-state index contributed by atoms with van der Waals surface area (Å²) < 4.78 is 0. The Morgan fingerprint density at radius 3 is 2.67 bits per heavy atom. The topological polar surface area (TPSA) is 42.0 Å². The molecule has 0 spiro atoms. The first kappa shape index (κ1) is 13.2. The van der Waals surface area contributed by atoms with Gasteiger partial charge in [0, 0.05) is 4.88 Å². The van der Waals surface area contributed by atoms with E-state index in [1.165, 1.54) is 16.2 Å². The minimum Gasteiger partial charge on any atom is -0.343 e. The number of carbonyl (C=O) groups is 1. The van der Waals surface area contributed by atoms with Crippen LogP contribution >= 0.6 is 22.7 Å². The lowest BCUT2D eigenvalue weighted by atomic mass is 10.0. The van der Waals surface area contributed by atoms with Gasteiger partial charge in [0.05, 0.1) is 17.2 Å². The zero-order valence-electron chi connectivity index (χ0n) is 10.6. The van der Waals surface area contributed by atoms with E-state index in [1.54, 1.807) is 16.8 Å². The molecule has 0 fully saturated rings. The molecule has 0 bridgehead atoms. The second-order valence-electron chi connectivity index (χ2n) is 4.48. The van der Waals surface area contributed by atoms with Gasteiger partial charge in [-0.3, -0.25) is 4.79 Å². The maximum Gasteiger partial charge on any atom is 0.263 e. The van der Waals surface area contributed by atoms with Crippen LogP contribution in [-0.4, -0.2) is 10.9 Å². The van der Waals surface area contributed by atoms with Crippen molar-refractivity contribution in [3.05, 3.63) is 38.5 Å². The molecule has 3 nitrogen and oxygen atoms in total. The molecular weight excluding hydrogens is 264 g/mol. The van der Waals surface area contributed by atoms with Gasteiger partial charge in [0.2, 0.25) is 0 Å². The monoisotopic (exact) mass is 280 g/mol. The van der Waals surface area contributed by atoms with Crippen molar-refractivity contribution in [2.45, 2.75) is 26.8 Å². The Morgan fingerprint density at radius 2 is 2.17 bits per heavy atom. The van der Waals surface area contributed by atoms with E-state index in [-0.39, 0.29) is 11.9 Å². The first-order chi connectivity index (χ1) is 8.59. The number of aromatic nitrogens is 1. The van der Waals surface area contributed by atoms with Crippen LogP contribution in [0.25, 0.3) is 0 Å². The van der Waals surface area contributed by atoms with Gasteiger partial charge in [0.15, 0.2) is 0 Å². The lowest BCUT2D eigenvalue weighted by Crippen LogP contribution is -2.31. The van der Waals surface area contributed by atoms with Crippen LogP contribution in [0.4, 0.5) is 0 Å². The zero-order chi connectivity index (χ0) is 13.1. The summed E-state index contributed by atoms with van der Waals surface area (Å²) in [6.07, 6.45) is 0. The SMILES string of the molecule is Cc1ncsc1C(=O)N[C@H](c1cccs1)C(C)C. The Balaban J connectivity index is 2.16. The number of hydrogen-bond acceptors (Lipinski definition) is 4.